The molecule has 10 heteroatoms. The molecule has 0 atom stereocenters. The smallest absolute Gasteiger partial charge is 0.293 e. The Morgan fingerprint density at radius 2 is 2.03 bits per heavy atom. The number of halogens is 1. The molecule has 2 aromatic rings. The molecule has 0 aliphatic carbocycles. The maximum atomic E-state index is 12.8. The van der Waals surface area contributed by atoms with E-state index in [4.69, 9.17) is 21.1 Å². The average Bonchev–Trinajstić information content (AvgIpc) is 2.96. The van der Waals surface area contributed by atoms with Crippen LogP contribution in [0.15, 0.2) is 41.3 Å². The van der Waals surface area contributed by atoms with Gasteiger partial charge in [-0.2, -0.15) is 0 Å². The first kappa shape index (κ1) is 21.7. The summed E-state index contributed by atoms with van der Waals surface area (Å²) in [5.41, 5.74) is 0.954. The topological polar surface area (TPSA) is 99.0 Å². The molecule has 0 aromatic heterocycles. The number of carbonyl (C=O) groups is 2. The predicted molar refractivity (Wildman–Crippen MR) is 114 cm³/mol. The zero-order valence-electron chi connectivity index (χ0n) is 16.1. The Kier molecular flexibility index (Phi) is 6.63. The Morgan fingerprint density at radius 3 is 2.70 bits per heavy atom. The van der Waals surface area contributed by atoms with Crippen molar-refractivity contribution in [2.24, 2.45) is 0 Å². The fourth-order valence-corrected chi connectivity index (χ4v) is 4.01. The Hall–Kier alpha value is -3.04. The van der Waals surface area contributed by atoms with Crippen molar-refractivity contribution in [1.82, 2.24) is 4.90 Å². The van der Waals surface area contributed by atoms with Crippen LogP contribution in [0.4, 0.5) is 10.5 Å². The molecule has 1 fully saturated rings. The Bertz CT molecular complexity index is 1060. The summed E-state index contributed by atoms with van der Waals surface area (Å²) in [5, 5.41) is 10.8. The summed E-state index contributed by atoms with van der Waals surface area (Å²) in [6, 6.07) is 9.10. The fraction of sp³-hybridized carbons (Fsp3) is 0.200. The molecular weight excluding hydrogens is 432 g/mol. The van der Waals surface area contributed by atoms with Crippen molar-refractivity contribution in [2.45, 2.75) is 13.5 Å². The maximum absolute atomic E-state index is 12.8. The number of ether oxygens (including phenoxy) is 2. The SMILES string of the molecule is CCOc1cc(/C=C2/SC(=O)N(Cc3cccc([N+](=O)[O-])c3)C2=O)cc(Cl)c1OC. The molecule has 0 radical (unpaired) electrons. The van der Waals surface area contributed by atoms with Crippen LogP contribution in [-0.2, 0) is 11.3 Å². The van der Waals surface area contributed by atoms with Crippen LogP contribution in [0.1, 0.15) is 18.1 Å². The monoisotopic (exact) mass is 448 g/mol. The van der Waals surface area contributed by atoms with Crippen LogP contribution in [0.3, 0.4) is 0 Å². The van der Waals surface area contributed by atoms with Gasteiger partial charge in [0, 0.05) is 12.1 Å². The summed E-state index contributed by atoms with van der Waals surface area (Å²) >= 11 is 7.03. The summed E-state index contributed by atoms with van der Waals surface area (Å²) in [5.74, 6) is 0.324. The third-order valence-corrected chi connectivity index (χ3v) is 5.36. The molecule has 156 valence electrons. The quantitative estimate of drug-likeness (QED) is 0.337. The highest BCUT2D eigenvalue weighted by molar-refractivity contribution is 8.18. The first-order chi connectivity index (χ1) is 14.3. The number of nitro groups is 1. The lowest BCUT2D eigenvalue weighted by Gasteiger charge is -2.13. The number of benzene rings is 2. The summed E-state index contributed by atoms with van der Waals surface area (Å²) in [7, 11) is 1.47. The zero-order chi connectivity index (χ0) is 21.8. The van der Waals surface area contributed by atoms with Gasteiger partial charge in [-0.05, 0) is 48.0 Å². The molecule has 3 rings (SSSR count). The van der Waals surface area contributed by atoms with E-state index >= 15 is 0 Å². The molecule has 1 aliphatic rings. The number of hydrogen-bond acceptors (Lipinski definition) is 7. The van der Waals surface area contributed by atoms with E-state index in [0.29, 0.717) is 34.3 Å². The third kappa shape index (κ3) is 4.58. The molecular formula is C20H17ClN2O6S. The molecule has 2 aromatic carbocycles. The van der Waals surface area contributed by atoms with E-state index in [-0.39, 0.29) is 17.1 Å². The number of rotatable bonds is 7. The number of methoxy groups -OCH3 is 1. The van der Waals surface area contributed by atoms with E-state index in [2.05, 4.69) is 0 Å². The van der Waals surface area contributed by atoms with Gasteiger partial charge < -0.3 is 9.47 Å². The van der Waals surface area contributed by atoms with Crippen molar-refractivity contribution in [3.63, 3.8) is 0 Å². The van der Waals surface area contributed by atoms with Gasteiger partial charge in [-0.25, -0.2) is 0 Å². The van der Waals surface area contributed by atoms with Crippen molar-refractivity contribution < 1.29 is 24.0 Å². The van der Waals surface area contributed by atoms with Gasteiger partial charge in [0.1, 0.15) is 0 Å². The van der Waals surface area contributed by atoms with Crippen LogP contribution < -0.4 is 9.47 Å². The molecule has 30 heavy (non-hydrogen) atoms. The first-order valence-electron chi connectivity index (χ1n) is 8.83. The van der Waals surface area contributed by atoms with E-state index in [1.165, 1.54) is 25.3 Å². The highest BCUT2D eigenvalue weighted by Crippen LogP contribution is 2.39. The van der Waals surface area contributed by atoms with Crippen LogP contribution in [0.5, 0.6) is 11.5 Å². The molecule has 0 saturated carbocycles. The lowest BCUT2D eigenvalue weighted by atomic mass is 10.1. The summed E-state index contributed by atoms with van der Waals surface area (Å²) in [6.07, 6.45) is 1.55. The highest BCUT2D eigenvalue weighted by Gasteiger charge is 2.35. The fourth-order valence-electron chi connectivity index (χ4n) is 2.87. The van der Waals surface area contributed by atoms with Gasteiger partial charge in [-0.3, -0.25) is 24.6 Å². The van der Waals surface area contributed by atoms with E-state index in [9.17, 15) is 19.7 Å². The molecule has 0 N–H and O–H groups in total. The highest BCUT2D eigenvalue weighted by atomic mass is 35.5. The summed E-state index contributed by atoms with van der Waals surface area (Å²) in [4.78, 5) is 36.8. The molecule has 0 bridgehead atoms. The summed E-state index contributed by atoms with van der Waals surface area (Å²) < 4.78 is 10.8. The first-order valence-corrected chi connectivity index (χ1v) is 10.0. The van der Waals surface area contributed by atoms with Crippen LogP contribution in [0.2, 0.25) is 5.02 Å². The number of carbonyl (C=O) groups excluding carboxylic acids is 2. The number of nitro benzene ring substituents is 1. The van der Waals surface area contributed by atoms with Gasteiger partial charge >= 0.3 is 0 Å². The van der Waals surface area contributed by atoms with Crippen molar-refractivity contribution in [1.29, 1.82) is 0 Å². The largest absolute Gasteiger partial charge is 0.491 e. The minimum absolute atomic E-state index is 0.0583. The van der Waals surface area contributed by atoms with E-state index in [1.54, 1.807) is 24.3 Å². The molecule has 0 spiro atoms. The molecule has 8 nitrogen and oxygen atoms in total. The third-order valence-electron chi connectivity index (χ3n) is 4.17. The summed E-state index contributed by atoms with van der Waals surface area (Å²) in [6.45, 7) is 2.16. The van der Waals surface area contributed by atoms with Gasteiger partial charge in [0.2, 0.25) is 0 Å². The van der Waals surface area contributed by atoms with Gasteiger partial charge in [-0.15, -0.1) is 0 Å². The van der Waals surface area contributed by atoms with Crippen LogP contribution in [0, 0.1) is 10.1 Å². The number of thioether (sulfide) groups is 1. The van der Waals surface area contributed by atoms with E-state index in [0.717, 1.165) is 16.7 Å². The standard InChI is InChI=1S/C20H17ClN2O6S/c1-3-29-16-9-13(8-15(21)18(16)28-2)10-17-19(24)22(20(25)30-17)11-12-5-4-6-14(7-12)23(26)27/h4-10H,3,11H2,1-2H3/b17-10+. The van der Waals surface area contributed by atoms with Gasteiger partial charge in [0.15, 0.2) is 11.5 Å². The van der Waals surface area contributed by atoms with E-state index in [1.807, 2.05) is 6.92 Å². The zero-order valence-corrected chi connectivity index (χ0v) is 17.7. The number of non-ortho nitro benzene ring substituents is 1. The Morgan fingerprint density at radius 1 is 1.27 bits per heavy atom. The predicted octanol–water partition coefficient (Wildman–Crippen LogP) is 4.89. The van der Waals surface area contributed by atoms with Gasteiger partial charge in [-0.1, -0.05) is 23.7 Å². The second-order valence-corrected chi connectivity index (χ2v) is 7.56. The second-order valence-electron chi connectivity index (χ2n) is 6.16. The van der Waals surface area contributed by atoms with Crippen molar-refractivity contribution in [2.75, 3.05) is 13.7 Å². The van der Waals surface area contributed by atoms with Gasteiger partial charge in [0.05, 0.1) is 35.1 Å². The average molecular weight is 449 g/mol. The lowest BCUT2D eigenvalue weighted by molar-refractivity contribution is -0.384. The van der Waals surface area contributed by atoms with Gasteiger partial charge in [0.25, 0.3) is 16.8 Å². The van der Waals surface area contributed by atoms with Crippen molar-refractivity contribution in [3.05, 3.63) is 67.6 Å². The number of hydrogen-bond donors (Lipinski definition) is 0. The Balaban J connectivity index is 1.86. The lowest BCUT2D eigenvalue weighted by Crippen LogP contribution is -2.27. The second kappa shape index (κ2) is 9.19. The minimum atomic E-state index is -0.527. The normalized spacial score (nSPS) is 15.0. The molecule has 0 unspecified atom stereocenters. The molecule has 1 aliphatic heterocycles. The van der Waals surface area contributed by atoms with E-state index < -0.39 is 16.1 Å². The van der Waals surface area contributed by atoms with Crippen molar-refractivity contribution >= 4 is 46.3 Å². The number of imide groups is 1. The minimum Gasteiger partial charge on any atom is -0.491 e. The van der Waals surface area contributed by atoms with Crippen LogP contribution in [-0.4, -0.2) is 34.7 Å². The van der Waals surface area contributed by atoms with Crippen LogP contribution in [0.25, 0.3) is 6.08 Å². The molecule has 2 amide bonds. The van der Waals surface area contributed by atoms with Crippen LogP contribution >= 0.6 is 23.4 Å². The molecule has 1 heterocycles. The number of amides is 2. The number of nitrogens with zero attached hydrogens (tertiary/aromatic N) is 2. The Labute approximate surface area is 181 Å². The molecule has 1 saturated heterocycles. The maximum Gasteiger partial charge on any atom is 0.293 e. The van der Waals surface area contributed by atoms with Crippen molar-refractivity contribution in [3.8, 4) is 11.5 Å².